The summed E-state index contributed by atoms with van der Waals surface area (Å²) < 4.78 is 25.8. The van der Waals surface area contributed by atoms with Gasteiger partial charge in [-0.05, 0) is 67.0 Å². The van der Waals surface area contributed by atoms with Crippen LogP contribution in [0.3, 0.4) is 0 Å². The lowest BCUT2D eigenvalue weighted by Crippen LogP contribution is -2.56. The van der Waals surface area contributed by atoms with E-state index in [4.69, 9.17) is 23.2 Å². The van der Waals surface area contributed by atoms with Crippen LogP contribution in [-0.2, 0) is 24.2 Å². The number of hydrogen-bond acceptors (Lipinski definition) is 4. The van der Waals surface area contributed by atoms with Crippen LogP contribution in [0.2, 0.25) is 10.0 Å². The molecule has 1 saturated carbocycles. The zero-order valence-electron chi connectivity index (χ0n) is 19.6. The van der Waals surface area contributed by atoms with Gasteiger partial charge in [-0.3, -0.25) is 9.59 Å². The van der Waals surface area contributed by atoms with E-state index in [2.05, 4.69) is 5.32 Å². The summed E-state index contributed by atoms with van der Waals surface area (Å²) in [6.07, 6.45) is 2.92. The molecule has 4 rings (SSSR count). The molecule has 188 valence electrons. The average molecular weight is 538 g/mol. The molecule has 2 aromatic rings. The third-order valence-electron chi connectivity index (χ3n) is 7.59. The molecule has 0 spiro atoms. The van der Waals surface area contributed by atoms with Crippen molar-refractivity contribution in [2.24, 2.45) is 11.3 Å². The molecule has 1 heterocycles. The SMILES string of the molecule is CC1(CC(=O)O)CC(c2cccc(Cl)c2)C(CC(c2ccc(Cl)cc2)(C2CC2)S(C)(=O)=O)NC1=O. The number of carbonyl (C=O) groups excluding carboxylic acids is 1. The molecule has 0 aromatic heterocycles. The second kappa shape index (κ2) is 9.41. The summed E-state index contributed by atoms with van der Waals surface area (Å²) in [5.74, 6) is -1.83. The number of halogens is 2. The Morgan fingerprint density at radius 2 is 1.80 bits per heavy atom. The molecule has 1 amide bonds. The number of carboxylic acids is 1. The van der Waals surface area contributed by atoms with Gasteiger partial charge in [0.25, 0.3) is 0 Å². The number of carbonyl (C=O) groups is 2. The van der Waals surface area contributed by atoms with E-state index in [1.54, 1.807) is 43.3 Å². The largest absolute Gasteiger partial charge is 0.481 e. The molecular weight excluding hydrogens is 509 g/mol. The van der Waals surface area contributed by atoms with Gasteiger partial charge < -0.3 is 10.4 Å². The number of carboxylic acid groups (broad SMARTS) is 1. The van der Waals surface area contributed by atoms with E-state index < -0.39 is 32.0 Å². The lowest BCUT2D eigenvalue weighted by Gasteiger charge is -2.45. The van der Waals surface area contributed by atoms with Gasteiger partial charge in [0.1, 0.15) is 4.75 Å². The van der Waals surface area contributed by atoms with Gasteiger partial charge >= 0.3 is 5.97 Å². The number of rotatable bonds is 8. The summed E-state index contributed by atoms with van der Waals surface area (Å²) in [7, 11) is -3.62. The lowest BCUT2D eigenvalue weighted by atomic mass is 9.67. The minimum absolute atomic E-state index is 0.0806. The minimum Gasteiger partial charge on any atom is -0.481 e. The Labute approximate surface area is 215 Å². The molecule has 4 atom stereocenters. The predicted molar refractivity (Wildman–Crippen MR) is 136 cm³/mol. The van der Waals surface area contributed by atoms with Crippen LogP contribution in [0, 0.1) is 11.3 Å². The first-order chi connectivity index (χ1) is 16.4. The number of aliphatic carboxylic acids is 1. The summed E-state index contributed by atoms with van der Waals surface area (Å²) in [4.78, 5) is 24.8. The van der Waals surface area contributed by atoms with Gasteiger partial charge in [-0.2, -0.15) is 0 Å². The van der Waals surface area contributed by atoms with Crippen LogP contribution < -0.4 is 5.32 Å². The zero-order chi connectivity index (χ0) is 25.6. The second-order valence-electron chi connectivity index (χ2n) is 10.2. The molecule has 6 nitrogen and oxygen atoms in total. The van der Waals surface area contributed by atoms with E-state index in [1.807, 2.05) is 12.1 Å². The summed E-state index contributed by atoms with van der Waals surface area (Å²) in [6.45, 7) is 1.65. The van der Waals surface area contributed by atoms with Crippen LogP contribution in [0.4, 0.5) is 0 Å². The van der Waals surface area contributed by atoms with Crippen LogP contribution in [-0.4, -0.2) is 37.7 Å². The lowest BCUT2D eigenvalue weighted by molar-refractivity contribution is -0.147. The van der Waals surface area contributed by atoms with Crippen molar-refractivity contribution in [3.63, 3.8) is 0 Å². The van der Waals surface area contributed by atoms with Gasteiger partial charge in [-0.25, -0.2) is 8.42 Å². The van der Waals surface area contributed by atoms with Crippen molar-refractivity contribution in [1.82, 2.24) is 5.32 Å². The molecule has 2 aromatic carbocycles. The van der Waals surface area contributed by atoms with Crippen LogP contribution in [0.5, 0.6) is 0 Å². The molecule has 2 fully saturated rings. The fourth-order valence-electron chi connectivity index (χ4n) is 5.73. The summed E-state index contributed by atoms with van der Waals surface area (Å²) in [6, 6.07) is 13.6. The standard InChI is InChI=1S/C26H29Cl2NO5S/c1-25(15-23(30)31)13-21(16-4-3-5-20(28)12-16)22(29-24(25)32)14-26(17-6-7-17,35(2,33)34)18-8-10-19(27)11-9-18/h3-5,8-12,17,21-22H,6-7,13-15H2,1-2H3,(H,29,32)(H,30,31). The Hall–Kier alpha value is -2.09. The van der Waals surface area contributed by atoms with Gasteiger partial charge in [0.2, 0.25) is 5.91 Å². The van der Waals surface area contributed by atoms with Gasteiger partial charge in [-0.1, -0.05) is 54.4 Å². The number of piperidine rings is 1. The summed E-state index contributed by atoms with van der Waals surface area (Å²) in [5, 5.41) is 13.5. The third-order valence-corrected chi connectivity index (χ3v) is 10.1. The molecule has 2 N–H and O–H groups in total. The highest BCUT2D eigenvalue weighted by atomic mass is 35.5. The first-order valence-electron chi connectivity index (χ1n) is 11.6. The molecular formula is C26H29Cl2NO5S. The summed E-state index contributed by atoms with van der Waals surface area (Å²) >= 11 is 12.4. The Morgan fingerprint density at radius 3 is 2.34 bits per heavy atom. The van der Waals surface area contributed by atoms with E-state index in [0.717, 1.165) is 18.4 Å². The third kappa shape index (κ3) is 5.09. The molecule has 9 heteroatoms. The number of benzene rings is 2. The number of hydrogen-bond donors (Lipinski definition) is 2. The van der Waals surface area contributed by atoms with Crippen LogP contribution in [0.15, 0.2) is 48.5 Å². The van der Waals surface area contributed by atoms with Crippen molar-refractivity contribution >= 4 is 44.9 Å². The predicted octanol–water partition coefficient (Wildman–Crippen LogP) is 5.19. The Morgan fingerprint density at radius 1 is 1.14 bits per heavy atom. The second-order valence-corrected chi connectivity index (χ2v) is 13.4. The monoisotopic (exact) mass is 537 g/mol. The summed E-state index contributed by atoms with van der Waals surface area (Å²) in [5.41, 5.74) is 0.362. The van der Waals surface area contributed by atoms with E-state index in [-0.39, 0.29) is 37.0 Å². The topological polar surface area (TPSA) is 101 Å². The molecule has 0 radical (unpaired) electrons. The number of nitrogens with one attached hydrogen (secondary N) is 1. The molecule has 1 saturated heterocycles. The van der Waals surface area contributed by atoms with Crippen LogP contribution >= 0.6 is 23.2 Å². The minimum atomic E-state index is -3.62. The Kier molecular flexibility index (Phi) is 6.99. The van der Waals surface area contributed by atoms with Crippen LogP contribution in [0.1, 0.15) is 56.1 Å². The number of sulfone groups is 1. The van der Waals surface area contributed by atoms with Crippen molar-refractivity contribution in [3.8, 4) is 0 Å². The van der Waals surface area contributed by atoms with E-state index in [0.29, 0.717) is 15.6 Å². The molecule has 2 aliphatic rings. The fourth-order valence-corrected chi connectivity index (χ4v) is 7.94. The normalized spacial score (nSPS) is 26.6. The first-order valence-corrected chi connectivity index (χ1v) is 14.2. The molecule has 1 aliphatic carbocycles. The highest BCUT2D eigenvalue weighted by Gasteiger charge is 2.57. The first kappa shape index (κ1) is 26.0. The van der Waals surface area contributed by atoms with Crippen molar-refractivity contribution in [2.45, 2.75) is 55.7 Å². The molecule has 35 heavy (non-hydrogen) atoms. The smallest absolute Gasteiger partial charge is 0.304 e. The van der Waals surface area contributed by atoms with Crippen molar-refractivity contribution in [3.05, 3.63) is 69.7 Å². The van der Waals surface area contributed by atoms with Crippen LogP contribution in [0.25, 0.3) is 0 Å². The number of amides is 1. The van der Waals surface area contributed by atoms with Gasteiger partial charge in [-0.15, -0.1) is 0 Å². The maximum absolute atomic E-state index is 13.5. The Balaban J connectivity index is 1.82. The molecule has 1 aliphatic heterocycles. The molecule has 0 bridgehead atoms. The van der Waals surface area contributed by atoms with E-state index in [9.17, 15) is 23.1 Å². The van der Waals surface area contributed by atoms with E-state index in [1.165, 1.54) is 6.26 Å². The van der Waals surface area contributed by atoms with Gasteiger partial charge in [0.15, 0.2) is 9.84 Å². The van der Waals surface area contributed by atoms with Gasteiger partial charge in [0, 0.05) is 28.3 Å². The fraction of sp³-hybridized carbons (Fsp3) is 0.462. The van der Waals surface area contributed by atoms with Crippen molar-refractivity contribution < 1.29 is 23.1 Å². The van der Waals surface area contributed by atoms with Crippen molar-refractivity contribution in [2.75, 3.05) is 6.26 Å². The quantitative estimate of drug-likeness (QED) is 0.482. The highest BCUT2D eigenvalue weighted by molar-refractivity contribution is 7.91. The maximum atomic E-state index is 13.5. The zero-order valence-corrected chi connectivity index (χ0v) is 22.0. The maximum Gasteiger partial charge on any atom is 0.304 e. The highest BCUT2D eigenvalue weighted by Crippen LogP contribution is 2.55. The van der Waals surface area contributed by atoms with Gasteiger partial charge in [0.05, 0.1) is 11.8 Å². The average Bonchev–Trinajstić information content (AvgIpc) is 3.59. The van der Waals surface area contributed by atoms with E-state index >= 15 is 0 Å². The van der Waals surface area contributed by atoms with Crippen molar-refractivity contribution in [1.29, 1.82) is 0 Å². The Bertz CT molecular complexity index is 1240. The molecule has 4 unspecified atom stereocenters.